The van der Waals surface area contributed by atoms with E-state index in [1.54, 1.807) is 19.1 Å². The molecule has 2 rings (SSSR count). The summed E-state index contributed by atoms with van der Waals surface area (Å²) in [5, 5.41) is 5.67. The third-order valence-corrected chi connectivity index (χ3v) is 3.84. The fourth-order valence-electron chi connectivity index (χ4n) is 2.59. The van der Waals surface area contributed by atoms with Gasteiger partial charge in [-0.1, -0.05) is 37.5 Å². The van der Waals surface area contributed by atoms with Crippen LogP contribution in [0.1, 0.15) is 39.0 Å². The van der Waals surface area contributed by atoms with Crippen LogP contribution in [0.5, 0.6) is 5.75 Å². The van der Waals surface area contributed by atoms with Gasteiger partial charge in [0.05, 0.1) is 0 Å². The molecule has 1 aromatic carbocycles. The van der Waals surface area contributed by atoms with Crippen LogP contribution in [-0.4, -0.2) is 30.5 Å². The molecule has 120 valence electrons. The van der Waals surface area contributed by atoms with E-state index in [4.69, 9.17) is 4.74 Å². The molecule has 1 saturated carbocycles. The minimum Gasteiger partial charge on any atom is -0.484 e. The number of nitrogens with one attached hydrogen (secondary N) is 2. The summed E-state index contributed by atoms with van der Waals surface area (Å²) < 4.78 is 5.35. The SMILES string of the molecule is CC(NC(=O)COc1ccccc1)C(=O)NC1CCCCC1. The van der Waals surface area contributed by atoms with Gasteiger partial charge in [0.15, 0.2) is 6.61 Å². The maximum atomic E-state index is 12.1. The van der Waals surface area contributed by atoms with Crippen molar-refractivity contribution in [3.05, 3.63) is 30.3 Å². The smallest absolute Gasteiger partial charge is 0.258 e. The zero-order valence-corrected chi connectivity index (χ0v) is 13.0. The predicted molar refractivity (Wildman–Crippen MR) is 84.6 cm³/mol. The summed E-state index contributed by atoms with van der Waals surface area (Å²) in [5.74, 6) is 0.215. The number of benzene rings is 1. The average molecular weight is 304 g/mol. The Labute approximate surface area is 131 Å². The van der Waals surface area contributed by atoms with Crippen molar-refractivity contribution in [1.82, 2.24) is 10.6 Å². The van der Waals surface area contributed by atoms with Crippen LogP contribution in [-0.2, 0) is 9.59 Å². The molecule has 0 heterocycles. The number of hydrogen-bond acceptors (Lipinski definition) is 3. The van der Waals surface area contributed by atoms with Crippen molar-refractivity contribution < 1.29 is 14.3 Å². The van der Waals surface area contributed by atoms with Gasteiger partial charge in [-0.05, 0) is 31.9 Å². The van der Waals surface area contributed by atoms with E-state index in [9.17, 15) is 9.59 Å². The van der Waals surface area contributed by atoms with Gasteiger partial charge in [0.1, 0.15) is 11.8 Å². The Bertz CT molecular complexity index is 484. The van der Waals surface area contributed by atoms with E-state index >= 15 is 0 Å². The van der Waals surface area contributed by atoms with Gasteiger partial charge in [0.25, 0.3) is 5.91 Å². The second-order valence-corrected chi connectivity index (χ2v) is 5.73. The topological polar surface area (TPSA) is 67.4 Å². The van der Waals surface area contributed by atoms with Crippen molar-refractivity contribution in [1.29, 1.82) is 0 Å². The van der Waals surface area contributed by atoms with Crippen LogP contribution in [0, 0.1) is 0 Å². The van der Waals surface area contributed by atoms with Crippen LogP contribution >= 0.6 is 0 Å². The van der Waals surface area contributed by atoms with Crippen molar-refractivity contribution in [2.75, 3.05) is 6.61 Å². The van der Waals surface area contributed by atoms with Gasteiger partial charge in [0, 0.05) is 6.04 Å². The van der Waals surface area contributed by atoms with E-state index in [2.05, 4.69) is 10.6 Å². The van der Waals surface area contributed by atoms with Gasteiger partial charge >= 0.3 is 0 Å². The molecule has 2 N–H and O–H groups in total. The quantitative estimate of drug-likeness (QED) is 0.845. The van der Waals surface area contributed by atoms with Gasteiger partial charge in [-0.15, -0.1) is 0 Å². The number of rotatable bonds is 6. The molecule has 1 aromatic rings. The van der Waals surface area contributed by atoms with Crippen LogP contribution in [0.25, 0.3) is 0 Å². The molecular formula is C17H24N2O3. The second-order valence-electron chi connectivity index (χ2n) is 5.73. The van der Waals surface area contributed by atoms with Crippen LogP contribution in [0.4, 0.5) is 0 Å². The number of amides is 2. The highest BCUT2D eigenvalue weighted by molar-refractivity contribution is 5.87. The first-order valence-electron chi connectivity index (χ1n) is 7.93. The Balaban J connectivity index is 1.69. The fourth-order valence-corrected chi connectivity index (χ4v) is 2.59. The monoisotopic (exact) mass is 304 g/mol. The third kappa shape index (κ3) is 5.39. The molecule has 0 aliphatic heterocycles. The number of hydrogen-bond donors (Lipinski definition) is 2. The molecule has 0 bridgehead atoms. The molecule has 5 heteroatoms. The zero-order valence-electron chi connectivity index (χ0n) is 13.0. The molecule has 22 heavy (non-hydrogen) atoms. The first kappa shape index (κ1) is 16.3. The zero-order chi connectivity index (χ0) is 15.8. The van der Waals surface area contributed by atoms with Crippen LogP contribution in [0.2, 0.25) is 0 Å². The fraction of sp³-hybridized carbons (Fsp3) is 0.529. The molecule has 0 saturated heterocycles. The summed E-state index contributed by atoms with van der Waals surface area (Å²) in [6, 6.07) is 8.83. The molecule has 1 aliphatic carbocycles. The maximum absolute atomic E-state index is 12.1. The number of carbonyl (C=O) groups excluding carboxylic acids is 2. The molecule has 0 spiro atoms. The highest BCUT2D eigenvalue weighted by Gasteiger charge is 2.20. The van der Waals surface area contributed by atoms with Gasteiger partial charge < -0.3 is 15.4 Å². The standard InChI is InChI=1S/C17H24N2O3/c1-13(17(21)19-14-8-4-2-5-9-14)18-16(20)12-22-15-10-6-3-7-11-15/h3,6-7,10-11,13-14H,2,4-5,8-9,12H2,1H3,(H,18,20)(H,19,21). The van der Waals surface area contributed by atoms with E-state index in [-0.39, 0.29) is 24.5 Å². The number of carbonyl (C=O) groups is 2. The Hall–Kier alpha value is -2.04. The van der Waals surface area contributed by atoms with Crippen LogP contribution in [0.15, 0.2) is 30.3 Å². The average Bonchev–Trinajstić information content (AvgIpc) is 2.55. The van der Waals surface area contributed by atoms with Crippen molar-refractivity contribution in [3.8, 4) is 5.75 Å². The molecule has 2 amide bonds. The van der Waals surface area contributed by atoms with Crippen LogP contribution in [0.3, 0.4) is 0 Å². The van der Waals surface area contributed by atoms with Crippen molar-refractivity contribution in [2.45, 2.75) is 51.1 Å². The van der Waals surface area contributed by atoms with Crippen molar-refractivity contribution >= 4 is 11.8 Å². The maximum Gasteiger partial charge on any atom is 0.258 e. The highest BCUT2D eigenvalue weighted by atomic mass is 16.5. The Kier molecular flexibility index (Phi) is 6.25. The predicted octanol–water partition coefficient (Wildman–Crippen LogP) is 2.02. The first-order chi connectivity index (χ1) is 10.6. The van der Waals surface area contributed by atoms with Crippen LogP contribution < -0.4 is 15.4 Å². The summed E-state index contributed by atoms with van der Waals surface area (Å²) in [6.45, 7) is 1.60. The lowest BCUT2D eigenvalue weighted by molar-refractivity contribution is -0.130. The Morgan fingerprint density at radius 3 is 2.55 bits per heavy atom. The Morgan fingerprint density at radius 2 is 1.86 bits per heavy atom. The summed E-state index contributed by atoms with van der Waals surface area (Å²) >= 11 is 0. The lowest BCUT2D eigenvalue weighted by atomic mass is 9.95. The molecular weight excluding hydrogens is 280 g/mol. The molecule has 1 fully saturated rings. The molecule has 1 aliphatic rings. The van der Waals surface area contributed by atoms with Crippen molar-refractivity contribution in [3.63, 3.8) is 0 Å². The molecule has 5 nitrogen and oxygen atoms in total. The molecule has 1 atom stereocenters. The number of para-hydroxylation sites is 1. The second kappa shape index (κ2) is 8.41. The van der Waals surface area contributed by atoms with Gasteiger partial charge in [-0.2, -0.15) is 0 Å². The van der Waals surface area contributed by atoms with Gasteiger partial charge in [-0.3, -0.25) is 9.59 Å². The largest absolute Gasteiger partial charge is 0.484 e. The van der Waals surface area contributed by atoms with E-state index < -0.39 is 6.04 Å². The lowest BCUT2D eigenvalue weighted by Gasteiger charge is -2.24. The summed E-state index contributed by atoms with van der Waals surface area (Å²) in [7, 11) is 0. The first-order valence-corrected chi connectivity index (χ1v) is 7.93. The van der Waals surface area contributed by atoms with Crippen molar-refractivity contribution in [2.24, 2.45) is 0 Å². The van der Waals surface area contributed by atoms with E-state index in [1.165, 1.54) is 6.42 Å². The summed E-state index contributed by atoms with van der Waals surface area (Å²) in [5.41, 5.74) is 0. The highest BCUT2D eigenvalue weighted by Crippen LogP contribution is 2.17. The minimum absolute atomic E-state index is 0.0922. The molecule has 0 radical (unpaired) electrons. The lowest BCUT2D eigenvalue weighted by Crippen LogP contribution is -2.49. The normalized spacial score (nSPS) is 16.6. The van der Waals surface area contributed by atoms with E-state index in [1.807, 2.05) is 18.2 Å². The van der Waals surface area contributed by atoms with E-state index in [0.29, 0.717) is 5.75 Å². The van der Waals surface area contributed by atoms with Gasteiger partial charge in [0.2, 0.25) is 5.91 Å². The summed E-state index contributed by atoms with van der Waals surface area (Å²) in [6.07, 6.45) is 5.63. The van der Waals surface area contributed by atoms with E-state index in [0.717, 1.165) is 25.7 Å². The molecule has 1 unspecified atom stereocenters. The minimum atomic E-state index is -0.547. The molecule has 0 aromatic heterocycles. The Morgan fingerprint density at radius 1 is 1.18 bits per heavy atom. The third-order valence-electron chi connectivity index (χ3n) is 3.84. The van der Waals surface area contributed by atoms with Gasteiger partial charge in [-0.25, -0.2) is 0 Å². The number of ether oxygens (including phenoxy) is 1. The summed E-state index contributed by atoms with van der Waals surface area (Å²) in [4.78, 5) is 23.9.